The van der Waals surface area contributed by atoms with Gasteiger partial charge < -0.3 is 0 Å². The number of nitrogens with zero attached hydrogens (tertiary/aromatic N) is 5. The minimum Gasteiger partial charge on any atom is -0.286 e. The van der Waals surface area contributed by atoms with Crippen molar-refractivity contribution in [2.45, 2.75) is 38.8 Å². The molecule has 6 heteroatoms. The van der Waals surface area contributed by atoms with Crippen LogP contribution < -0.4 is 0 Å². The first kappa shape index (κ1) is 12.2. The van der Waals surface area contributed by atoms with Crippen LogP contribution in [0, 0.1) is 6.92 Å². The van der Waals surface area contributed by atoms with E-state index in [0.717, 1.165) is 37.0 Å². The van der Waals surface area contributed by atoms with Gasteiger partial charge in [-0.25, -0.2) is 15.0 Å². The van der Waals surface area contributed by atoms with E-state index in [-0.39, 0.29) is 6.04 Å². The first-order valence-electron chi connectivity index (χ1n) is 6.72. The molecule has 19 heavy (non-hydrogen) atoms. The highest BCUT2D eigenvalue weighted by Gasteiger charge is 2.27. The molecule has 2 aromatic heterocycles. The SMILES string of the molecule is Cc1nc([C@H]2CCCCN2Cc2ncccn2)n[nH]1. The van der Waals surface area contributed by atoms with E-state index >= 15 is 0 Å². The van der Waals surface area contributed by atoms with E-state index in [2.05, 4.69) is 30.0 Å². The maximum absolute atomic E-state index is 4.48. The number of aromatic amines is 1. The van der Waals surface area contributed by atoms with Gasteiger partial charge >= 0.3 is 0 Å². The maximum atomic E-state index is 4.48. The largest absolute Gasteiger partial charge is 0.286 e. The summed E-state index contributed by atoms with van der Waals surface area (Å²) in [6, 6.07) is 2.12. The van der Waals surface area contributed by atoms with Crippen molar-refractivity contribution in [2.24, 2.45) is 0 Å². The van der Waals surface area contributed by atoms with Crippen LogP contribution in [0.2, 0.25) is 0 Å². The summed E-state index contributed by atoms with van der Waals surface area (Å²) in [4.78, 5) is 15.5. The van der Waals surface area contributed by atoms with Gasteiger partial charge in [-0.1, -0.05) is 6.42 Å². The minimum absolute atomic E-state index is 0.280. The molecule has 0 unspecified atom stereocenters. The molecule has 1 atom stereocenters. The lowest BCUT2D eigenvalue weighted by Crippen LogP contribution is -2.34. The van der Waals surface area contributed by atoms with Crippen LogP contribution in [0.3, 0.4) is 0 Å². The molecule has 6 nitrogen and oxygen atoms in total. The fourth-order valence-electron chi connectivity index (χ4n) is 2.57. The molecule has 0 bridgehead atoms. The van der Waals surface area contributed by atoms with E-state index in [1.165, 1.54) is 12.8 Å². The maximum Gasteiger partial charge on any atom is 0.167 e. The quantitative estimate of drug-likeness (QED) is 0.906. The second kappa shape index (κ2) is 5.44. The van der Waals surface area contributed by atoms with Crippen molar-refractivity contribution in [3.8, 4) is 0 Å². The molecule has 0 radical (unpaired) electrons. The molecule has 1 aliphatic rings. The van der Waals surface area contributed by atoms with Crippen LogP contribution in [0.25, 0.3) is 0 Å². The van der Waals surface area contributed by atoms with Gasteiger partial charge in [-0.3, -0.25) is 10.00 Å². The predicted octanol–water partition coefficient (Wildman–Crippen LogP) is 1.63. The van der Waals surface area contributed by atoms with Crippen LogP contribution >= 0.6 is 0 Å². The lowest BCUT2D eigenvalue weighted by Gasteiger charge is -2.33. The first-order chi connectivity index (χ1) is 9.33. The summed E-state index contributed by atoms with van der Waals surface area (Å²) in [5, 5.41) is 7.24. The van der Waals surface area contributed by atoms with Gasteiger partial charge in [0.15, 0.2) is 5.82 Å². The molecule has 2 aromatic rings. The van der Waals surface area contributed by atoms with Crippen molar-refractivity contribution >= 4 is 0 Å². The van der Waals surface area contributed by atoms with Crippen molar-refractivity contribution in [3.63, 3.8) is 0 Å². The van der Waals surface area contributed by atoms with Crippen molar-refractivity contribution in [1.29, 1.82) is 0 Å². The molecule has 0 aromatic carbocycles. The summed E-state index contributed by atoms with van der Waals surface area (Å²) in [6.45, 7) is 3.75. The van der Waals surface area contributed by atoms with Gasteiger partial charge in [0.25, 0.3) is 0 Å². The summed E-state index contributed by atoms with van der Waals surface area (Å²) < 4.78 is 0. The van der Waals surface area contributed by atoms with Crippen molar-refractivity contribution in [3.05, 3.63) is 35.9 Å². The van der Waals surface area contributed by atoms with E-state index in [9.17, 15) is 0 Å². The second-order valence-corrected chi connectivity index (χ2v) is 4.93. The Kier molecular flexibility index (Phi) is 3.50. The Bertz CT molecular complexity index is 523. The minimum atomic E-state index is 0.280. The molecular weight excluding hydrogens is 240 g/mol. The third-order valence-electron chi connectivity index (χ3n) is 3.49. The third kappa shape index (κ3) is 2.78. The number of aryl methyl sites for hydroxylation is 1. The number of rotatable bonds is 3. The van der Waals surface area contributed by atoms with Crippen LogP contribution in [0.1, 0.15) is 42.8 Å². The third-order valence-corrected chi connectivity index (χ3v) is 3.49. The van der Waals surface area contributed by atoms with E-state index in [0.29, 0.717) is 0 Å². The number of H-pyrrole nitrogens is 1. The standard InChI is InChI=1S/C13H18N6/c1-10-16-13(18-17-10)11-5-2-3-8-19(11)9-12-14-6-4-7-15-12/h4,6-7,11H,2-3,5,8-9H2,1H3,(H,16,17,18)/t11-/m1/s1. The topological polar surface area (TPSA) is 70.6 Å². The number of aromatic nitrogens is 5. The smallest absolute Gasteiger partial charge is 0.167 e. The highest BCUT2D eigenvalue weighted by molar-refractivity contribution is 4.99. The zero-order valence-corrected chi connectivity index (χ0v) is 11.1. The number of piperidine rings is 1. The normalized spacial score (nSPS) is 20.6. The lowest BCUT2D eigenvalue weighted by molar-refractivity contribution is 0.130. The van der Waals surface area contributed by atoms with E-state index in [1.54, 1.807) is 12.4 Å². The van der Waals surface area contributed by atoms with Crippen LogP contribution in [0.4, 0.5) is 0 Å². The Hall–Kier alpha value is -1.82. The zero-order valence-electron chi connectivity index (χ0n) is 11.1. The van der Waals surface area contributed by atoms with Gasteiger partial charge in [-0.05, 0) is 32.4 Å². The van der Waals surface area contributed by atoms with Crippen LogP contribution in [-0.2, 0) is 6.54 Å². The van der Waals surface area contributed by atoms with Crippen molar-refractivity contribution < 1.29 is 0 Å². The van der Waals surface area contributed by atoms with Gasteiger partial charge in [0.05, 0.1) is 12.6 Å². The summed E-state index contributed by atoms with van der Waals surface area (Å²) in [5.74, 6) is 2.63. The predicted molar refractivity (Wildman–Crippen MR) is 70.2 cm³/mol. The van der Waals surface area contributed by atoms with Crippen molar-refractivity contribution in [1.82, 2.24) is 30.0 Å². The molecule has 3 heterocycles. The van der Waals surface area contributed by atoms with Crippen molar-refractivity contribution in [2.75, 3.05) is 6.54 Å². The highest BCUT2D eigenvalue weighted by atomic mass is 15.3. The average molecular weight is 258 g/mol. The van der Waals surface area contributed by atoms with Gasteiger partial charge in [-0.2, -0.15) is 5.10 Å². The number of nitrogens with one attached hydrogen (secondary N) is 1. The molecule has 0 amide bonds. The Balaban J connectivity index is 1.77. The number of likely N-dealkylation sites (tertiary alicyclic amines) is 1. The number of hydrogen-bond acceptors (Lipinski definition) is 5. The molecule has 0 aliphatic carbocycles. The monoisotopic (exact) mass is 258 g/mol. The molecule has 1 aliphatic heterocycles. The van der Waals surface area contributed by atoms with Gasteiger partial charge in [-0.15, -0.1) is 0 Å². The van der Waals surface area contributed by atoms with E-state index in [4.69, 9.17) is 0 Å². The van der Waals surface area contributed by atoms with Crippen LogP contribution in [0.15, 0.2) is 18.5 Å². The summed E-state index contributed by atoms with van der Waals surface area (Å²) in [5.41, 5.74) is 0. The zero-order chi connectivity index (χ0) is 13.1. The van der Waals surface area contributed by atoms with Gasteiger partial charge in [0.1, 0.15) is 11.6 Å². The molecule has 100 valence electrons. The van der Waals surface area contributed by atoms with E-state index < -0.39 is 0 Å². The van der Waals surface area contributed by atoms with Crippen LogP contribution in [-0.4, -0.2) is 36.6 Å². The molecule has 0 spiro atoms. The van der Waals surface area contributed by atoms with Gasteiger partial charge in [0, 0.05) is 12.4 Å². The highest BCUT2D eigenvalue weighted by Crippen LogP contribution is 2.29. The molecule has 3 rings (SSSR count). The fourth-order valence-corrected chi connectivity index (χ4v) is 2.57. The lowest BCUT2D eigenvalue weighted by atomic mass is 10.0. The fraction of sp³-hybridized carbons (Fsp3) is 0.538. The van der Waals surface area contributed by atoms with E-state index in [1.807, 2.05) is 13.0 Å². The second-order valence-electron chi connectivity index (χ2n) is 4.93. The summed E-state index contributed by atoms with van der Waals surface area (Å²) >= 11 is 0. The number of hydrogen-bond donors (Lipinski definition) is 1. The summed E-state index contributed by atoms with van der Waals surface area (Å²) in [7, 11) is 0. The van der Waals surface area contributed by atoms with Gasteiger partial charge in [0.2, 0.25) is 0 Å². The molecule has 1 N–H and O–H groups in total. The molecule has 0 saturated carbocycles. The molecule has 1 saturated heterocycles. The molecule has 1 fully saturated rings. The Labute approximate surface area is 112 Å². The Morgan fingerprint density at radius 2 is 2.16 bits per heavy atom. The van der Waals surface area contributed by atoms with Crippen LogP contribution in [0.5, 0.6) is 0 Å². The average Bonchev–Trinajstić information content (AvgIpc) is 2.87. The first-order valence-corrected chi connectivity index (χ1v) is 6.72. The molecular formula is C13H18N6. The Morgan fingerprint density at radius 3 is 2.89 bits per heavy atom. The Morgan fingerprint density at radius 1 is 1.32 bits per heavy atom. The summed E-state index contributed by atoms with van der Waals surface area (Å²) in [6.07, 6.45) is 7.12.